The third-order valence-corrected chi connectivity index (χ3v) is 5.73. The number of carbonyl (C=O) groups is 1. The van der Waals surface area contributed by atoms with Gasteiger partial charge in [0.25, 0.3) is 0 Å². The van der Waals surface area contributed by atoms with Crippen LogP contribution in [0.3, 0.4) is 0 Å². The van der Waals surface area contributed by atoms with E-state index in [1.807, 2.05) is 36.4 Å². The number of phenols is 1. The van der Waals surface area contributed by atoms with Gasteiger partial charge in [-0.15, -0.1) is 0 Å². The Labute approximate surface area is 184 Å². The molecule has 0 heterocycles. The van der Waals surface area contributed by atoms with Crippen molar-refractivity contribution in [3.8, 4) is 16.9 Å². The van der Waals surface area contributed by atoms with Gasteiger partial charge in [0.1, 0.15) is 24.3 Å². The number of fused-ring (bicyclic) bond motifs is 3. The highest BCUT2D eigenvalue weighted by Crippen LogP contribution is 2.44. The Kier molecular flexibility index (Phi) is 6.39. The molecule has 0 aliphatic heterocycles. The molecule has 4 rings (SSSR count). The first-order valence-electron chi connectivity index (χ1n) is 10.4. The minimum absolute atomic E-state index is 0.0139. The molecule has 7 heteroatoms. The highest BCUT2D eigenvalue weighted by Gasteiger charge is 2.29. The van der Waals surface area contributed by atoms with Gasteiger partial charge in [-0.25, -0.2) is 9.18 Å². The van der Waals surface area contributed by atoms with Crippen molar-refractivity contribution < 1.29 is 29.2 Å². The molecule has 1 aliphatic carbocycles. The standard InChI is InChI=1S/C25H24FNO5/c26-15-9-10-20(23(29)13-15)24(30)22(28)11-12-27-25(31)32-14-21-18-7-3-1-5-16(18)17-6-2-4-8-19(17)21/h1-10,13,21-22,24,28-30H,11-12,14H2,(H,27,31). The first-order valence-corrected chi connectivity index (χ1v) is 10.4. The second-order valence-corrected chi connectivity index (χ2v) is 7.76. The predicted molar refractivity (Wildman–Crippen MR) is 117 cm³/mol. The van der Waals surface area contributed by atoms with Crippen LogP contribution in [0.5, 0.6) is 5.75 Å². The first-order chi connectivity index (χ1) is 15.5. The summed E-state index contributed by atoms with van der Waals surface area (Å²) in [5.74, 6) is -1.15. The van der Waals surface area contributed by atoms with Crippen LogP contribution in [0.15, 0.2) is 66.7 Å². The Bertz CT molecular complexity index is 1070. The van der Waals surface area contributed by atoms with Crippen LogP contribution in [0, 0.1) is 5.82 Å². The van der Waals surface area contributed by atoms with Crippen LogP contribution in [0.4, 0.5) is 9.18 Å². The summed E-state index contributed by atoms with van der Waals surface area (Å²) in [6, 6.07) is 19.2. The lowest BCUT2D eigenvalue weighted by atomic mass is 9.98. The fraction of sp³-hybridized carbons (Fsp3) is 0.240. The number of aliphatic hydroxyl groups is 2. The lowest BCUT2D eigenvalue weighted by Crippen LogP contribution is -2.30. The summed E-state index contributed by atoms with van der Waals surface area (Å²) in [6.45, 7) is 0.228. The molecule has 0 saturated heterocycles. The van der Waals surface area contributed by atoms with Gasteiger partial charge in [0.15, 0.2) is 0 Å². The smallest absolute Gasteiger partial charge is 0.407 e. The lowest BCUT2D eigenvalue weighted by Gasteiger charge is -2.19. The van der Waals surface area contributed by atoms with Gasteiger partial charge < -0.3 is 25.4 Å². The Morgan fingerprint density at radius 1 is 1.00 bits per heavy atom. The fourth-order valence-electron chi connectivity index (χ4n) is 4.10. The van der Waals surface area contributed by atoms with Crippen molar-refractivity contribution in [1.82, 2.24) is 5.32 Å². The molecule has 0 radical (unpaired) electrons. The molecular weight excluding hydrogens is 413 g/mol. The number of rotatable bonds is 7. The molecule has 32 heavy (non-hydrogen) atoms. The minimum atomic E-state index is -1.42. The number of benzene rings is 3. The Morgan fingerprint density at radius 3 is 2.25 bits per heavy atom. The van der Waals surface area contributed by atoms with Crippen molar-refractivity contribution in [2.45, 2.75) is 24.5 Å². The SMILES string of the molecule is O=C(NCCC(O)C(O)c1ccc(F)cc1O)OCC1c2ccccc2-c2ccccc21. The molecule has 2 atom stereocenters. The average Bonchev–Trinajstić information content (AvgIpc) is 3.11. The molecule has 6 nitrogen and oxygen atoms in total. The summed E-state index contributed by atoms with van der Waals surface area (Å²) in [5.41, 5.74) is 4.51. The Balaban J connectivity index is 1.29. The maximum absolute atomic E-state index is 13.1. The second kappa shape index (κ2) is 9.38. The van der Waals surface area contributed by atoms with Crippen LogP contribution in [0.1, 0.15) is 35.1 Å². The van der Waals surface area contributed by atoms with Crippen molar-refractivity contribution in [2.24, 2.45) is 0 Å². The molecule has 3 aromatic rings. The highest BCUT2D eigenvalue weighted by molar-refractivity contribution is 5.79. The summed E-state index contributed by atoms with van der Waals surface area (Å²) < 4.78 is 18.5. The number of phenolic OH excluding ortho intramolecular Hbond substituents is 1. The average molecular weight is 437 g/mol. The molecule has 3 aromatic carbocycles. The number of nitrogens with one attached hydrogen (secondary N) is 1. The molecule has 0 fully saturated rings. The van der Waals surface area contributed by atoms with E-state index in [4.69, 9.17) is 4.74 Å². The van der Waals surface area contributed by atoms with E-state index < -0.39 is 29.9 Å². The van der Waals surface area contributed by atoms with E-state index in [9.17, 15) is 24.5 Å². The molecule has 0 spiro atoms. The number of ether oxygens (including phenoxy) is 1. The third kappa shape index (κ3) is 4.44. The van der Waals surface area contributed by atoms with Crippen LogP contribution in [0.2, 0.25) is 0 Å². The maximum Gasteiger partial charge on any atom is 0.407 e. The zero-order chi connectivity index (χ0) is 22.7. The molecule has 4 N–H and O–H groups in total. The summed E-state index contributed by atoms with van der Waals surface area (Å²) in [6.07, 6.45) is -3.29. The van der Waals surface area contributed by atoms with E-state index in [1.54, 1.807) is 0 Å². The number of hydrogen-bond acceptors (Lipinski definition) is 5. The lowest BCUT2D eigenvalue weighted by molar-refractivity contribution is 0.0123. The van der Waals surface area contributed by atoms with Crippen molar-refractivity contribution in [3.05, 3.63) is 89.2 Å². The molecule has 1 amide bonds. The normalized spacial score (nSPS) is 14.3. The van der Waals surface area contributed by atoms with Gasteiger partial charge in [0.2, 0.25) is 0 Å². The zero-order valence-corrected chi connectivity index (χ0v) is 17.2. The third-order valence-electron chi connectivity index (χ3n) is 5.73. The van der Waals surface area contributed by atoms with Gasteiger partial charge in [-0.2, -0.15) is 0 Å². The van der Waals surface area contributed by atoms with E-state index >= 15 is 0 Å². The largest absolute Gasteiger partial charge is 0.507 e. The first kappa shape index (κ1) is 21.8. The summed E-state index contributed by atoms with van der Waals surface area (Å²) in [7, 11) is 0. The fourth-order valence-corrected chi connectivity index (χ4v) is 4.10. The van der Waals surface area contributed by atoms with Crippen molar-refractivity contribution in [3.63, 3.8) is 0 Å². The quantitative estimate of drug-likeness (QED) is 0.450. The van der Waals surface area contributed by atoms with E-state index in [-0.39, 0.29) is 31.1 Å². The van der Waals surface area contributed by atoms with E-state index in [1.165, 1.54) is 6.07 Å². The monoisotopic (exact) mass is 437 g/mol. The molecule has 166 valence electrons. The van der Waals surface area contributed by atoms with Gasteiger partial charge in [0, 0.05) is 24.1 Å². The number of alkyl carbamates (subject to hydrolysis) is 1. The number of aromatic hydroxyl groups is 1. The zero-order valence-electron chi connectivity index (χ0n) is 17.2. The van der Waals surface area contributed by atoms with Crippen molar-refractivity contribution >= 4 is 6.09 Å². The highest BCUT2D eigenvalue weighted by atomic mass is 19.1. The number of aliphatic hydroxyl groups excluding tert-OH is 2. The van der Waals surface area contributed by atoms with E-state index in [2.05, 4.69) is 17.4 Å². The predicted octanol–water partition coefficient (Wildman–Crippen LogP) is 3.85. The molecule has 0 saturated carbocycles. The molecular formula is C25H24FNO5. The Morgan fingerprint density at radius 2 is 1.62 bits per heavy atom. The van der Waals surface area contributed by atoms with E-state index in [0.29, 0.717) is 0 Å². The van der Waals surface area contributed by atoms with Crippen LogP contribution in [-0.2, 0) is 4.74 Å². The number of amides is 1. The molecule has 0 aromatic heterocycles. The van der Waals surface area contributed by atoms with Gasteiger partial charge in [0.05, 0.1) is 6.10 Å². The van der Waals surface area contributed by atoms with Crippen LogP contribution < -0.4 is 5.32 Å². The van der Waals surface area contributed by atoms with Gasteiger partial charge in [-0.3, -0.25) is 0 Å². The summed E-state index contributed by atoms with van der Waals surface area (Å²) in [4.78, 5) is 12.2. The molecule has 1 aliphatic rings. The van der Waals surface area contributed by atoms with Crippen LogP contribution in [0.25, 0.3) is 11.1 Å². The topological polar surface area (TPSA) is 99.0 Å². The van der Waals surface area contributed by atoms with E-state index in [0.717, 1.165) is 34.4 Å². The van der Waals surface area contributed by atoms with Gasteiger partial charge in [-0.05, 0) is 40.8 Å². The van der Waals surface area contributed by atoms with Gasteiger partial charge >= 0.3 is 6.09 Å². The summed E-state index contributed by atoms with van der Waals surface area (Å²) in [5, 5.41) is 32.6. The maximum atomic E-state index is 13.1. The second-order valence-electron chi connectivity index (χ2n) is 7.76. The Hall–Kier alpha value is -3.42. The van der Waals surface area contributed by atoms with Crippen LogP contribution in [-0.4, -0.2) is 40.7 Å². The minimum Gasteiger partial charge on any atom is -0.507 e. The van der Waals surface area contributed by atoms with Crippen molar-refractivity contribution in [2.75, 3.05) is 13.2 Å². The number of hydrogen-bond donors (Lipinski definition) is 4. The van der Waals surface area contributed by atoms with Gasteiger partial charge in [-0.1, -0.05) is 48.5 Å². The molecule has 0 bridgehead atoms. The molecule has 2 unspecified atom stereocenters. The van der Waals surface area contributed by atoms with Crippen molar-refractivity contribution in [1.29, 1.82) is 0 Å². The summed E-state index contributed by atoms with van der Waals surface area (Å²) >= 11 is 0. The number of carbonyl (C=O) groups excluding carboxylic acids is 1. The van der Waals surface area contributed by atoms with Crippen LogP contribution >= 0.6 is 0 Å². The number of halogens is 1.